The molecular formula is C21H52NO63S10Si7. The van der Waals surface area contributed by atoms with Gasteiger partial charge in [0.15, 0.2) is 15.9 Å². The van der Waals surface area contributed by atoms with Crippen molar-refractivity contribution in [3.63, 3.8) is 0 Å². The molecule has 1 radical (unpaired) electrons. The van der Waals surface area contributed by atoms with Crippen LogP contribution >= 0.6 is 12.0 Å². The van der Waals surface area contributed by atoms with Crippen LogP contribution < -0.4 is 0 Å². The van der Waals surface area contributed by atoms with Gasteiger partial charge in [-0.1, -0.05) is 6.92 Å². The molecule has 0 spiro atoms. The number of nitrogens with zero attached hydrogens (tertiary/aromatic N) is 1. The Morgan fingerprint density at radius 3 is 1.42 bits per heavy atom. The minimum Gasteiger partial charge on any atom is -0.391 e. The second-order valence-corrected chi connectivity index (χ2v) is 44.1. The van der Waals surface area contributed by atoms with E-state index in [0.29, 0.717) is 0 Å². The summed E-state index contributed by atoms with van der Waals surface area (Å²) in [7, 11) is -108. The highest BCUT2D eigenvalue weighted by molar-refractivity contribution is 7.96. The summed E-state index contributed by atoms with van der Waals surface area (Å²) in [6.45, 7) is -3.51. The molecule has 64 nitrogen and oxygen atoms in total. The van der Waals surface area contributed by atoms with Crippen molar-refractivity contribution in [2.24, 2.45) is 11.8 Å². The van der Waals surface area contributed by atoms with Crippen LogP contribution in [-0.4, -0.2) is 348 Å². The van der Waals surface area contributed by atoms with Crippen molar-refractivity contribution in [1.29, 1.82) is 0 Å². The smallest absolute Gasteiger partial charge is 0.391 e. The standard InChI is InChI=1S/C21H52NO63S10Si7/c1-8-4-11(23)10(22(2)3)5-9(8)21(89(32,33)74-27)19(88(30,31)73-26)17(15(68-93(43,44)45)13(66-21)7-64-91(37,38)39)70-95(48,49)80-102(62,85-100(59,60)83-98(54,55)56)81-96(50)77-78-101(61,84-99(57,58)82-97(51,52)53)79-94(46,47)69-16-14(67-92(40,41)42)12(6-63-90(34,35)36)65-20(86-76-75-71-24)18(16)87(28,29)72-25/h8-20,23-27,50-62H,4-7H2,1-3H3,(H,34,35,36)(H,37,38,39)(H,40,41,42)(H,43,44,45). The molecule has 2 heterocycles. The molecule has 1 aliphatic carbocycles. The second kappa shape index (κ2) is 35.1. The molecule has 607 valence electrons. The Labute approximate surface area is 580 Å². The number of hydrogen-bond acceptors (Lipinski definition) is 61. The van der Waals surface area contributed by atoms with Crippen molar-refractivity contribution < 1.29 is 282 Å². The van der Waals surface area contributed by atoms with Crippen LogP contribution in [0.5, 0.6) is 0 Å². The normalized spacial score (nSPS) is 29.0. The maximum absolute atomic E-state index is 14.4. The van der Waals surface area contributed by atoms with E-state index in [4.69, 9.17) is 19.3 Å². The molecule has 16 atom stereocenters. The van der Waals surface area contributed by atoms with Crippen molar-refractivity contribution in [2.75, 3.05) is 27.3 Å². The van der Waals surface area contributed by atoms with Gasteiger partial charge in [0.2, 0.25) is 4.93 Å². The van der Waals surface area contributed by atoms with E-state index in [1.807, 2.05) is 0 Å². The SMILES string of the molecule is CC1CC(O)C(N(C)C)CC1C1(S(=O)(=O)OO)OC(COS(=O)(=O)O)C(OS(=O)(=O)O)C(OS(=O)(=O)O[Si](O)(O[Si](O)OO[Si](O)(O[Si](O)(O)O[Si](O)(O)O)OS(=O)(=O)OC2C(OS(=O)(=O)O)C(COS(=O)(=O)O)OC(SOOOO)C2S(=O)(=O)OO)O[Si](O)(O)O[Si](O)(O)O)C1S(=O)(=O)OO. The third kappa shape index (κ3) is 29.0. The molecule has 102 heavy (non-hydrogen) atoms. The average Bonchev–Trinajstić information content (AvgIpc) is 0.693. The van der Waals surface area contributed by atoms with Crippen LogP contribution in [0.2, 0.25) is 0 Å². The van der Waals surface area contributed by atoms with Crippen molar-refractivity contribution in [3.05, 3.63) is 0 Å². The second-order valence-electron chi connectivity index (χ2n) is 19.2. The van der Waals surface area contributed by atoms with Gasteiger partial charge < -0.3 is 102 Å². The average molecular weight is 1840 g/mol. The number of ether oxygens (including phenoxy) is 2. The zero-order valence-electron chi connectivity index (χ0n) is 48.4. The van der Waals surface area contributed by atoms with Crippen LogP contribution in [0, 0.1) is 11.8 Å². The van der Waals surface area contributed by atoms with Crippen LogP contribution in [0.25, 0.3) is 0 Å². The Balaban J connectivity index is 2.45. The number of likely N-dealkylation sites (N-methyl/N-ethyl adjacent to an activating group) is 1. The third-order valence-electron chi connectivity index (χ3n) is 11.9. The molecule has 2 aliphatic heterocycles. The Kier molecular flexibility index (Phi) is 33.0. The summed E-state index contributed by atoms with van der Waals surface area (Å²) in [6, 6.07) is -1.55. The molecule has 1 saturated carbocycles. The predicted octanol–water partition coefficient (Wildman–Crippen LogP) is -16.8. The molecule has 3 aliphatic rings. The minimum atomic E-state index is -8.08. The van der Waals surface area contributed by atoms with E-state index in [1.54, 1.807) is 0 Å². The first-order valence-electron chi connectivity index (χ1n) is 24.1. The fourth-order valence-corrected chi connectivity index (χ4v) is 30.1. The van der Waals surface area contributed by atoms with Gasteiger partial charge in [-0.25, -0.2) is 63.0 Å². The Bertz CT molecular complexity index is 3880. The topological polar surface area (TPSA) is 968 Å². The van der Waals surface area contributed by atoms with Crippen molar-refractivity contribution in [3.8, 4) is 0 Å². The molecule has 0 bridgehead atoms. The van der Waals surface area contributed by atoms with Gasteiger partial charge in [-0.05, 0) is 42.9 Å². The minimum absolute atomic E-state index is 0.818. The van der Waals surface area contributed by atoms with Crippen LogP contribution in [0.4, 0.5) is 0 Å². The van der Waals surface area contributed by atoms with E-state index < -0.39 is 276 Å². The number of aliphatic hydroxyl groups is 1. The number of aliphatic hydroxyl groups excluding tert-OH is 1. The largest absolute Gasteiger partial charge is 0.715 e. The van der Waals surface area contributed by atoms with Crippen LogP contribution in [0.15, 0.2) is 0 Å². The quantitative estimate of drug-likeness (QED) is 0.00673. The highest BCUT2D eigenvalue weighted by atomic mass is 32.3. The fourth-order valence-electron chi connectivity index (χ4n) is 8.90. The van der Waals surface area contributed by atoms with Gasteiger partial charge in [-0.3, -0.25) is 18.2 Å². The van der Waals surface area contributed by atoms with E-state index in [1.165, 1.54) is 0 Å². The van der Waals surface area contributed by atoms with E-state index in [0.717, 1.165) is 25.9 Å². The van der Waals surface area contributed by atoms with Crippen LogP contribution in [0.3, 0.4) is 0 Å². The molecule has 16 unspecified atom stereocenters. The van der Waals surface area contributed by atoms with Gasteiger partial charge in [0.25, 0.3) is 0 Å². The molecule has 3 rings (SSSR count). The summed E-state index contributed by atoms with van der Waals surface area (Å²) in [4.78, 5) is 128. The highest BCUT2D eigenvalue weighted by Crippen LogP contribution is 2.53. The van der Waals surface area contributed by atoms with E-state index >= 15 is 0 Å². The zero-order chi connectivity index (χ0) is 79.5. The lowest BCUT2D eigenvalue weighted by molar-refractivity contribution is -0.591. The van der Waals surface area contributed by atoms with Crippen molar-refractivity contribution in [1.82, 2.24) is 4.90 Å². The lowest BCUT2D eigenvalue weighted by atomic mass is 9.71. The maximum atomic E-state index is 14.4. The van der Waals surface area contributed by atoms with Gasteiger partial charge in [-0.2, -0.15) is 75.8 Å². The molecule has 0 aromatic heterocycles. The number of rotatable bonds is 43. The number of hydrogen-bond donors (Lipinski definition) is 22. The summed E-state index contributed by atoms with van der Waals surface area (Å²) in [5, 5.41) is 47.2. The Hall–Kier alpha value is -0.422. The summed E-state index contributed by atoms with van der Waals surface area (Å²) in [5.41, 5.74) is -3.02. The first-order valence-corrected chi connectivity index (χ1v) is 48.9. The monoisotopic (exact) mass is 1840 g/mol. The molecule has 81 heteroatoms. The van der Waals surface area contributed by atoms with Gasteiger partial charge >= 0.3 is 157 Å². The molecule has 3 fully saturated rings. The van der Waals surface area contributed by atoms with Crippen molar-refractivity contribution >= 4 is 169 Å². The van der Waals surface area contributed by atoms with E-state index in [2.05, 4.69) is 90.0 Å². The predicted molar refractivity (Wildman–Crippen MR) is 295 cm³/mol. The fraction of sp³-hybridized carbons (Fsp3) is 1.00. The Morgan fingerprint density at radius 2 is 1.00 bits per heavy atom. The Morgan fingerprint density at radius 1 is 0.559 bits per heavy atom. The summed E-state index contributed by atoms with van der Waals surface area (Å²) in [6.07, 6.45) is -25.6. The van der Waals surface area contributed by atoms with Gasteiger partial charge in [0.05, 0.1) is 31.4 Å². The summed E-state index contributed by atoms with van der Waals surface area (Å²) >= 11 is -0.819. The maximum Gasteiger partial charge on any atom is 0.715 e. The summed E-state index contributed by atoms with van der Waals surface area (Å²) in [5.74, 6) is -4.33. The molecule has 2 saturated heterocycles. The van der Waals surface area contributed by atoms with Crippen molar-refractivity contribution in [2.45, 2.75) is 89.4 Å². The zero-order valence-corrected chi connectivity index (χ0v) is 63.6. The van der Waals surface area contributed by atoms with Gasteiger partial charge in [-0.15, -0.1) is 17.3 Å². The van der Waals surface area contributed by atoms with E-state index in [-0.39, 0.29) is 0 Å². The summed E-state index contributed by atoms with van der Waals surface area (Å²) < 4.78 is 358. The molecule has 0 aromatic carbocycles. The van der Waals surface area contributed by atoms with Crippen LogP contribution in [-0.2, 0) is 192 Å². The molecular weight excluding hydrogens is 1790 g/mol. The lowest BCUT2D eigenvalue weighted by Crippen LogP contribution is -2.75. The third-order valence-corrected chi connectivity index (χ3v) is 34.3. The van der Waals surface area contributed by atoms with Crippen LogP contribution in [0.1, 0.15) is 19.8 Å². The first-order chi connectivity index (χ1) is 45.5. The lowest BCUT2D eigenvalue weighted by Gasteiger charge is -2.55. The highest BCUT2D eigenvalue weighted by Gasteiger charge is 2.75. The first kappa shape index (κ1) is 95.8. The molecule has 0 amide bonds. The van der Waals surface area contributed by atoms with Gasteiger partial charge in [0.1, 0.15) is 36.6 Å². The van der Waals surface area contributed by atoms with Gasteiger partial charge in [0, 0.05) is 12.0 Å². The van der Waals surface area contributed by atoms with E-state index in [9.17, 15) is 173 Å². The molecule has 0 aromatic rings. The molecule has 22 N–H and O–H groups in total.